The SMILES string of the molecule is C=C(C(=O)Oc1cc(=O)c(O)co1)C1(C)CCCC(C)=C1C. The zero-order valence-corrected chi connectivity index (χ0v) is 13.1. The molecule has 0 fully saturated rings. The molecule has 1 N–H and O–H groups in total. The van der Waals surface area contributed by atoms with Gasteiger partial charge in [0.25, 0.3) is 5.95 Å². The summed E-state index contributed by atoms with van der Waals surface area (Å²) in [5, 5.41) is 9.13. The van der Waals surface area contributed by atoms with Gasteiger partial charge in [-0.05, 0) is 33.1 Å². The molecule has 0 amide bonds. The van der Waals surface area contributed by atoms with Crippen molar-refractivity contribution < 1.29 is 19.1 Å². The Labute approximate surface area is 128 Å². The van der Waals surface area contributed by atoms with Crippen molar-refractivity contribution in [3.05, 3.63) is 45.9 Å². The molecule has 22 heavy (non-hydrogen) atoms. The second kappa shape index (κ2) is 5.83. The molecule has 1 aromatic heterocycles. The van der Waals surface area contributed by atoms with Crippen LogP contribution in [0.3, 0.4) is 0 Å². The summed E-state index contributed by atoms with van der Waals surface area (Å²) in [4.78, 5) is 23.6. The van der Waals surface area contributed by atoms with Crippen LogP contribution in [0.5, 0.6) is 11.7 Å². The average Bonchev–Trinajstić information content (AvgIpc) is 2.47. The maximum Gasteiger partial charge on any atom is 0.342 e. The van der Waals surface area contributed by atoms with Crippen molar-refractivity contribution in [1.82, 2.24) is 0 Å². The van der Waals surface area contributed by atoms with Crippen LogP contribution in [0.25, 0.3) is 0 Å². The van der Waals surface area contributed by atoms with Crippen molar-refractivity contribution in [2.24, 2.45) is 5.41 Å². The molecular weight excluding hydrogens is 284 g/mol. The van der Waals surface area contributed by atoms with E-state index < -0.39 is 22.6 Å². The molecule has 1 heterocycles. The predicted molar refractivity (Wildman–Crippen MR) is 81.7 cm³/mol. The Morgan fingerprint density at radius 2 is 2.14 bits per heavy atom. The van der Waals surface area contributed by atoms with Crippen LogP contribution in [0.4, 0.5) is 0 Å². The molecule has 1 unspecified atom stereocenters. The van der Waals surface area contributed by atoms with Crippen LogP contribution in [0, 0.1) is 5.41 Å². The topological polar surface area (TPSA) is 76.7 Å². The molecular formula is C17H20O5. The lowest BCUT2D eigenvalue weighted by molar-refractivity contribution is -0.132. The number of hydrogen-bond acceptors (Lipinski definition) is 5. The van der Waals surface area contributed by atoms with Crippen LogP contribution >= 0.6 is 0 Å². The smallest absolute Gasteiger partial charge is 0.342 e. The van der Waals surface area contributed by atoms with E-state index in [1.54, 1.807) is 0 Å². The Kier molecular flexibility index (Phi) is 4.26. The molecule has 0 bridgehead atoms. The van der Waals surface area contributed by atoms with E-state index in [0.717, 1.165) is 37.2 Å². The van der Waals surface area contributed by atoms with Gasteiger partial charge in [-0.25, -0.2) is 4.79 Å². The molecule has 0 aromatic carbocycles. The zero-order valence-electron chi connectivity index (χ0n) is 13.1. The fourth-order valence-electron chi connectivity index (χ4n) is 2.75. The lowest BCUT2D eigenvalue weighted by atomic mass is 9.68. The Hall–Kier alpha value is -2.30. The normalized spacial score (nSPS) is 21.6. The lowest BCUT2D eigenvalue weighted by Crippen LogP contribution is -2.30. The van der Waals surface area contributed by atoms with E-state index >= 15 is 0 Å². The quantitative estimate of drug-likeness (QED) is 0.526. The van der Waals surface area contributed by atoms with Gasteiger partial charge in [0.1, 0.15) is 6.26 Å². The highest BCUT2D eigenvalue weighted by molar-refractivity contribution is 5.91. The van der Waals surface area contributed by atoms with E-state index in [0.29, 0.717) is 5.57 Å². The minimum atomic E-state index is -0.671. The predicted octanol–water partition coefficient (Wildman–Crippen LogP) is 3.33. The maximum atomic E-state index is 12.3. The Balaban J connectivity index is 2.22. The molecule has 1 aliphatic carbocycles. The third-order valence-corrected chi connectivity index (χ3v) is 4.59. The van der Waals surface area contributed by atoms with Gasteiger partial charge < -0.3 is 14.3 Å². The summed E-state index contributed by atoms with van der Waals surface area (Å²) in [6, 6.07) is 0.928. The van der Waals surface area contributed by atoms with Crippen LogP contribution in [0.15, 0.2) is 44.8 Å². The van der Waals surface area contributed by atoms with Gasteiger partial charge in [0, 0.05) is 11.0 Å². The van der Waals surface area contributed by atoms with Crippen molar-refractivity contribution >= 4 is 5.97 Å². The summed E-state index contributed by atoms with van der Waals surface area (Å²) < 4.78 is 9.96. The third kappa shape index (κ3) is 2.84. The molecule has 5 heteroatoms. The summed E-state index contributed by atoms with van der Waals surface area (Å²) >= 11 is 0. The number of carbonyl (C=O) groups is 1. The molecule has 1 atom stereocenters. The summed E-state index contributed by atoms with van der Waals surface area (Å²) in [5.74, 6) is -1.43. The number of ether oxygens (including phenoxy) is 1. The standard InChI is InChI=1S/C17H20O5/c1-10-6-5-7-17(4,11(10)2)12(3)16(20)22-15-8-13(18)14(19)9-21-15/h8-9,19H,3,5-7H2,1-2,4H3. The zero-order chi connectivity index (χ0) is 16.5. The van der Waals surface area contributed by atoms with Crippen LogP contribution < -0.4 is 10.2 Å². The molecule has 0 radical (unpaired) electrons. The number of aromatic hydroxyl groups is 1. The molecule has 1 aliphatic rings. The minimum Gasteiger partial charge on any atom is -0.502 e. The highest BCUT2D eigenvalue weighted by Gasteiger charge is 2.37. The number of hydrogen-bond donors (Lipinski definition) is 1. The number of carbonyl (C=O) groups excluding carboxylic acids is 1. The molecule has 0 saturated heterocycles. The minimum absolute atomic E-state index is 0.258. The van der Waals surface area contributed by atoms with E-state index in [9.17, 15) is 9.59 Å². The molecule has 2 rings (SSSR count). The van der Waals surface area contributed by atoms with Gasteiger partial charge in [0.2, 0.25) is 5.43 Å². The largest absolute Gasteiger partial charge is 0.502 e. The molecule has 5 nitrogen and oxygen atoms in total. The average molecular weight is 304 g/mol. The van der Waals surface area contributed by atoms with Crippen molar-refractivity contribution in [3.63, 3.8) is 0 Å². The summed E-state index contributed by atoms with van der Waals surface area (Å²) in [6.45, 7) is 9.93. The highest BCUT2D eigenvalue weighted by atomic mass is 16.6. The van der Waals surface area contributed by atoms with Gasteiger partial charge in [-0.2, -0.15) is 0 Å². The van der Waals surface area contributed by atoms with E-state index in [-0.39, 0.29) is 5.95 Å². The fourth-order valence-corrected chi connectivity index (χ4v) is 2.75. The second-order valence-electron chi connectivity index (χ2n) is 5.91. The highest BCUT2D eigenvalue weighted by Crippen LogP contribution is 2.45. The van der Waals surface area contributed by atoms with Crippen molar-refractivity contribution in [3.8, 4) is 11.7 Å². The van der Waals surface area contributed by atoms with Gasteiger partial charge in [-0.15, -0.1) is 0 Å². The summed E-state index contributed by atoms with van der Waals surface area (Å²) in [7, 11) is 0. The van der Waals surface area contributed by atoms with Gasteiger partial charge in [-0.3, -0.25) is 4.79 Å². The first-order chi connectivity index (χ1) is 10.3. The Morgan fingerprint density at radius 3 is 2.77 bits per heavy atom. The van der Waals surface area contributed by atoms with E-state index in [2.05, 4.69) is 13.5 Å². The first-order valence-electron chi connectivity index (χ1n) is 7.16. The monoisotopic (exact) mass is 304 g/mol. The first kappa shape index (κ1) is 16.1. The van der Waals surface area contributed by atoms with Crippen LogP contribution in [0.2, 0.25) is 0 Å². The van der Waals surface area contributed by atoms with Crippen molar-refractivity contribution in [1.29, 1.82) is 0 Å². The summed E-state index contributed by atoms with van der Waals surface area (Å²) in [6.07, 6.45) is 3.67. The van der Waals surface area contributed by atoms with Crippen LogP contribution in [-0.2, 0) is 4.79 Å². The van der Waals surface area contributed by atoms with Crippen molar-refractivity contribution in [2.75, 3.05) is 0 Å². The molecule has 118 valence electrons. The number of allylic oxidation sites excluding steroid dienone is 2. The Morgan fingerprint density at radius 1 is 1.45 bits per heavy atom. The third-order valence-electron chi connectivity index (χ3n) is 4.59. The first-order valence-corrected chi connectivity index (χ1v) is 7.16. The van der Waals surface area contributed by atoms with Gasteiger partial charge in [0.05, 0.1) is 6.07 Å². The summed E-state index contributed by atoms with van der Waals surface area (Å²) in [5.41, 5.74) is 1.61. The molecule has 1 aromatic rings. The van der Waals surface area contributed by atoms with E-state index in [1.165, 1.54) is 5.57 Å². The molecule has 0 aliphatic heterocycles. The van der Waals surface area contributed by atoms with Crippen molar-refractivity contribution in [2.45, 2.75) is 40.0 Å². The van der Waals surface area contributed by atoms with Crippen LogP contribution in [0.1, 0.15) is 40.0 Å². The van der Waals surface area contributed by atoms with E-state index in [4.69, 9.17) is 14.3 Å². The lowest BCUT2D eigenvalue weighted by Gasteiger charge is -2.36. The maximum absolute atomic E-state index is 12.3. The molecule has 0 spiro atoms. The Bertz CT molecular complexity index is 710. The molecule has 0 saturated carbocycles. The number of esters is 1. The van der Waals surface area contributed by atoms with Gasteiger partial charge >= 0.3 is 5.97 Å². The second-order valence-corrected chi connectivity index (χ2v) is 5.91. The fraction of sp³-hybridized carbons (Fsp3) is 0.412. The number of rotatable bonds is 3. The van der Waals surface area contributed by atoms with Crippen LogP contribution in [-0.4, -0.2) is 11.1 Å². The van der Waals surface area contributed by atoms with Gasteiger partial charge in [-0.1, -0.05) is 24.6 Å². The van der Waals surface area contributed by atoms with E-state index in [1.807, 2.05) is 13.8 Å². The van der Waals surface area contributed by atoms with Gasteiger partial charge in [0.15, 0.2) is 5.75 Å².